The molecule has 0 aliphatic heterocycles. The largest absolute Gasteiger partial charge is 0.313 e. The van der Waals surface area contributed by atoms with Gasteiger partial charge in [-0.2, -0.15) is 0 Å². The summed E-state index contributed by atoms with van der Waals surface area (Å²) >= 11 is 5.78. The van der Waals surface area contributed by atoms with Crippen molar-refractivity contribution in [3.8, 4) is 0 Å². The van der Waals surface area contributed by atoms with Crippen LogP contribution in [0.3, 0.4) is 0 Å². The van der Waals surface area contributed by atoms with E-state index >= 15 is 0 Å². The molecule has 0 bridgehead atoms. The van der Waals surface area contributed by atoms with Crippen molar-refractivity contribution in [3.63, 3.8) is 0 Å². The van der Waals surface area contributed by atoms with E-state index in [0.717, 1.165) is 25.1 Å². The van der Waals surface area contributed by atoms with E-state index in [1.165, 1.54) is 11.6 Å². The molecule has 3 heteroatoms. The van der Waals surface area contributed by atoms with Crippen LogP contribution in [0, 0.1) is 11.7 Å². The van der Waals surface area contributed by atoms with Gasteiger partial charge in [0.15, 0.2) is 0 Å². The fourth-order valence-electron chi connectivity index (χ4n) is 1.65. The van der Waals surface area contributed by atoms with Crippen molar-refractivity contribution in [3.05, 3.63) is 40.2 Å². The molecule has 1 nitrogen and oxygen atoms in total. The predicted molar refractivity (Wildman–Crippen MR) is 77.4 cm³/mol. The molecule has 0 fully saturated rings. The molecular formula is C15H21ClFN. The highest BCUT2D eigenvalue weighted by Gasteiger charge is 2.05. The van der Waals surface area contributed by atoms with Crippen LogP contribution in [0.5, 0.6) is 0 Å². The number of nitrogens with one attached hydrogen (secondary N) is 1. The van der Waals surface area contributed by atoms with E-state index in [1.54, 1.807) is 12.1 Å². The maximum absolute atomic E-state index is 13.1. The zero-order valence-corrected chi connectivity index (χ0v) is 12.0. The lowest BCUT2D eigenvalue weighted by molar-refractivity contribution is 0.628. The predicted octanol–water partition coefficient (Wildman–Crippen LogP) is 4.52. The van der Waals surface area contributed by atoms with Crippen molar-refractivity contribution >= 4 is 17.7 Å². The number of benzene rings is 1. The third-order valence-electron chi connectivity index (χ3n) is 2.79. The molecule has 0 atom stereocenters. The quantitative estimate of drug-likeness (QED) is 0.749. The third kappa shape index (κ3) is 4.79. The van der Waals surface area contributed by atoms with Gasteiger partial charge in [0.2, 0.25) is 0 Å². The molecule has 0 spiro atoms. The van der Waals surface area contributed by atoms with Gasteiger partial charge in [0, 0.05) is 6.54 Å². The van der Waals surface area contributed by atoms with Crippen LogP contribution in [-0.2, 0) is 0 Å². The van der Waals surface area contributed by atoms with E-state index in [9.17, 15) is 4.39 Å². The zero-order chi connectivity index (χ0) is 13.5. The SMILES string of the molecule is CCCNC/C(=C/c1ccc(F)c(Cl)c1)C(C)C. The molecule has 18 heavy (non-hydrogen) atoms. The summed E-state index contributed by atoms with van der Waals surface area (Å²) in [6, 6.07) is 4.83. The average molecular weight is 270 g/mol. The topological polar surface area (TPSA) is 12.0 Å². The second kappa shape index (κ2) is 7.55. The van der Waals surface area contributed by atoms with Gasteiger partial charge in [-0.05, 0) is 36.6 Å². The summed E-state index contributed by atoms with van der Waals surface area (Å²) in [7, 11) is 0. The highest BCUT2D eigenvalue weighted by Crippen LogP contribution is 2.20. The fraction of sp³-hybridized carbons (Fsp3) is 0.467. The van der Waals surface area contributed by atoms with Gasteiger partial charge in [-0.1, -0.05) is 50.1 Å². The highest BCUT2D eigenvalue weighted by atomic mass is 35.5. The van der Waals surface area contributed by atoms with Crippen LogP contribution in [-0.4, -0.2) is 13.1 Å². The lowest BCUT2D eigenvalue weighted by Gasteiger charge is -2.12. The summed E-state index contributed by atoms with van der Waals surface area (Å²) in [5.41, 5.74) is 2.24. The smallest absolute Gasteiger partial charge is 0.141 e. The Balaban J connectivity index is 2.83. The Bertz CT molecular complexity index is 413. The molecule has 0 saturated heterocycles. The molecule has 0 aliphatic rings. The van der Waals surface area contributed by atoms with Gasteiger partial charge in [-0.25, -0.2) is 4.39 Å². The molecule has 1 rings (SSSR count). The average Bonchev–Trinajstić information content (AvgIpc) is 2.32. The summed E-state index contributed by atoms with van der Waals surface area (Å²) in [5, 5.41) is 3.56. The Labute approximate surface area is 114 Å². The van der Waals surface area contributed by atoms with Gasteiger partial charge in [0.1, 0.15) is 5.82 Å². The summed E-state index contributed by atoms with van der Waals surface area (Å²) < 4.78 is 13.1. The first-order valence-corrected chi connectivity index (χ1v) is 6.78. The molecule has 0 heterocycles. The summed E-state index contributed by atoms with van der Waals surface area (Å²) in [5.74, 6) is 0.0854. The van der Waals surface area contributed by atoms with Crippen LogP contribution >= 0.6 is 11.6 Å². The lowest BCUT2D eigenvalue weighted by atomic mass is 10.00. The minimum Gasteiger partial charge on any atom is -0.313 e. The molecule has 1 N–H and O–H groups in total. The number of halogens is 2. The van der Waals surface area contributed by atoms with Crippen LogP contribution in [0.2, 0.25) is 5.02 Å². The van der Waals surface area contributed by atoms with Gasteiger partial charge >= 0.3 is 0 Å². The highest BCUT2D eigenvalue weighted by molar-refractivity contribution is 6.30. The van der Waals surface area contributed by atoms with Crippen molar-refractivity contribution < 1.29 is 4.39 Å². The van der Waals surface area contributed by atoms with Crippen LogP contribution in [0.15, 0.2) is 23.8 Å². The molecule has 0 saturated carbocycles. The number of rotatable bonds is 6. The molecule has 0 radical (unpaired) electrons. The van der Waals surface area contributed by atoms with Crippen molar-refractivity contribution in [2.24, 2.45) is 5.92 Å². The van der Waals surface area contributed by atoms with Crippen molar-refractivity contribution in [2.45, 2.75) is 27.2 Å². The Morgan fingerprint density at radius 2 is 2.17 bits per heavy atom. The van der Waals surface area contributed by atoms with Crippen LogP contribution in [0.1, 0.15) is 32.8 Å². The van der Waals surface area contributed by atoms with Gasteiger partial charge in [-0.15, -0.1) is 0 Å². The third-order valence-corrected chi connectivity index (χ3v) is 3.08. The zero-order valence-electron chi connectivity index (χ0n) is 11.3. The molecule has 1 aromatic rings. The Hall–Kier alpha value is -0.860. The number of hydrogen-bond donors (Lipinski definition) is 1. The Kier molecular flexibility index (Phi) is 6.37. The van der Waals surface area contributed by atoms with Crippen molar-refractivity contribution in [2.75, 3.05) is 13.1 Å². The van der Waals surface area contributed by atoms with Crippen LogP contribution in [0.4, 0.5) is 4.39 Å². The molecule has 0 amide bonds. The molecular weight excluding hydrogens is 249 g/mol. The van der Waals surface area contributed by atoms with E-state index in [4.69, 9.17) is 11.6 Å². The molecule has 0 aliphatic carbocycles. The Morgan fingerprint density at radius 1 is 1.44 bits per heavy atom. The molecule has 100 valence electrons. The first-order chi connectivity index (χ1) is 8.54. The van der Waals surface area contributed by atoms with E-state index in [-0.39, 0.29) is 10.8 Å². The van der Waals surface area contributed by atoms with Crippen LogP contribution in [0.25, 0.3) is 6.08 Å². The number of hydrogen-bond acceptors (Lipinski definition) is 1. The lowest BCUT2D eigenvalue weighted by Crippen LogP contribution is -2.19. The molecule has 0 aromatic heterocycles. The van der Waals surface area contributed by atoms with Gasteiger partial charge in [0.05, 0.1) is 5.02 Å². The maximum atomic E-state index is 13.1. The Morgan fingerprint density at radius 3 is 2.72 bits per heavy atom. The fourth-order valence-corrected chi connectivity index (χ4v) is 1.84. The van der Waals surface area contributed by atoms with Crippen molar-refractivity contribution in [1.29, 1.82) is 0 Å². The van der Waals surface area contributed by atoms with Gasteiger partial charge in [-0.3, -0.25) is 0 Å². The second-order valence-electron chi connectivity index (χ2n) is 4.72. The van der Waals surface area contributed by atoms with Crippen molar-refractivity contribution in [1.82, 2.24) is 5.32 Å². The maximum Gasteiger partial charge on any atom is 0.141 e. The van der Waals surface area contributed by atoms with Gasteiger partial charge in [0.25, 0.3) is 0 Å². The summed E-state index contributed by atoms with van der Waals surface area (Å²) in [6.07, 6.45) is 3.20. The first kappa shape index (κ1) is 15.2. The monoisotopic (exact) mass is 269 g/mol. The summed E-state index contributed by atoms with van der Waals surface area (Å²) in [6.45, 7) is 8.33. The molecule has 0 unspecified atom stereocenters. The van der Waals surface area contributed by atoms with Gasteiger partial charge < -0.3 is 5.32 Å². The molecule has 1 aromatic carbocycles. The van der Waals surface area contributed by atoms with E-state index in [0.29, 0.717) is 5.92 Å². The minimum absolute atomic E-state index is 0.174. The minimum atomic E-state index is -0.371. The van der Waals surface area contributed by atoms with E-state index in [1.807, 2.05) is 0 Å². The van der Waals surface area contributed by atoms with Crippen LogP contribution < -0.4 is 5.32 Å². The normalized spacial score (nSPS) is 12.2. The summed E-state index contributed by atoms with van der Waals surface area (Å²) in [4.78, 5) is 0. The van der Waals surface area contributed by atoms with E-state index < -0.39 is 0 Å². The standard InChI is InChI=1S/C15H21ClFN/c1-4-7-18-10-13(11(2)3)8-12-5-6-15(17)14(16)9-12/h5-6,8-9,11,18H,4,7,10H2,1-3H3/b13-8-. The first-order valence-electron chi connectivity index (χ1n) is 6.40. The second-order valence-corrected chi connectivity index (χ2v) is 5.13. The van der Waals surface area contributed by atoms with E-state index in [2.05, 4.69) is 32.2 Å².